The van der Waals surface area contributed by atoms with E-state index in [1.807, 2.05) is 29.7 Å². The average molecular weight is 259 g/mol. The highest BCUT2D eigenvalue weighted by Gasteiger charge is 2.07. The van der Waals surface area contributed by atoms with Crippen molar-refractivity contribution in [2.75, 3.05) is 0 Å². The molecule has 0 radical (unpaired) electrons. The summed E-state index contributed by atoms with van der Waals surface area (Å²) in [6.07, 6.45) is 5.04. The highest BCUT2D eigenvalue weighted by atomic mass is 35.5. The Labute approximate surface area is 109 Å². The molecule has 4 nitrogen and oxygen atoms in total. The molecule has 0 bridgehead atoms. The third kappa shape index (κ3) is 1.95. The third-order valence-corrected chi connectivity index (χ3v) is 3.15. The molecule has 3 aromatic rings. The van der Waals surface area contributed by atoms with Gasteiger partial charge < -0.3 is 4.57 Å². The largest absolute Gasteiger partial charge is 0.309 e. The molecule has 0 amide bonds. The lowest BCUT2D eigenvalue weighted by Gasteiger charge is -2.06. The molecule has 0 aliphatic heterocycles. The summed E-state index contributed by atoms with van der Waals surface area (Å²) in [4.78, 5) is 12.6. The fourth-order valence-electron chi connectivity index (χ4n) is 1.88. The predicted octanol–water partition coefficient (Wildman–Crippen LogP) is 2.84. The summed E-state index contributed by atoms with van der Waals surface area (Å²) in [7, 11) is 0. The number of halogens is 1. The van der Waals surface area contributed by atoms with Gasteiger partial charge in [-0.05, 0) is 24.1 Å². The molecule has 90 valence electrons. The van der Waals surface area contributed by atoms with Crippen LogP contribution in [0.3, 0.4) is 0 Å². The maximum atomic E-state index is 6.23. The second-order valence-corrected chi connectivity index (χ2v) is 4.58. The van der Waals surface area contributed by atoms with Crippen LogP contribution in [0.15, 0.2) is 36.9 Å². The number of benzene rings is 1. The van der Waals surface area contributed by atoms with Crippen molar-refractivity contribution < 1.29 is 0 Å². The van der Waals surface area contributed by atoms with Crippen LogP contribution in [0.4, 0.5) is 0 Å². The van der Waals surface area contributed by atoms with Gasteiger partial charge in [0.05, 0.1) is 12.9 Å². The van der Waals surface area contributed by atoms with E-state index in [-0.39, 0.29) is 0 Å². The number of hydrogen-bond acceptors (Lipinski definition) is 3. The van der Waals surface area contributed by atoms with Gasteiger partial charge in [0.2, 0.25) is 0 Å². The first-order chi connectivity index (χ1) is 8.74. The molecule has 2 aromatic heterocycles. The standard InChI is InChI=1S/C13H11ClN4/c1-9-2-3-10(11(14)6-9)7-18-8-17-12-13(18)16-5-4-15-12/h2-6,8H,7H2,1H3. The summed E-state index contributed by atoms with van der Waals surface area (Å²) in [5, 5.41) is 0.765. The van der Waals surface area contributed by atoms with E-state index in [1.165, 1.54) is 0 Å². The van der Waals surface area contributed by atoms with Gasteiger partial charge in [-0.3, -0.25) is 0 Å². The molecular formula is C13H11ClN4. The van der Waals surface area contributed by atoms with Gasteiger partial charge >= 0.3 is 0 Å². The van der Waals surface area contributed by atoms with Crippen molar-refractivity contribution in [2.24, 2.45) is 0 Å². The van der Waals surface area contributed by atoms with Crippen LogP contribution in [0.2, 0.25) is 5.02 Å². The van der Waals surface area contributed by atoms with Crippen molar-refractivity contribution in [1.82, 2.24) is 19.5 Å². The molecule has 2 heterocycles. The van der Waals surface area contributed by atoms with E-state index in [0.29, 0.717) is 12.2 Å². The Bertz CT molecular complexity index is 705. The molecule has 0 fully saturated rings. The maximum Gasteiger partial charge on any atom is 0.197 e. The zero-order valence-electron chi connectivity index (χ0n) is 9.84. The minimum atomic E-state index is 0.647. The highest BCUT2D eigenvalue weighted by molar-refractivity contribution is 6.31. The number of aryl methyl sites for hydroxylation is 1. The molecular weight excluding hydrogens is 248 g/mol. The van der Waals surface area contributed by atoms with Crippen LogP contribution in [0.5, 0.6) is 0 Å². The second kappa shape index (κ2) is 4.38. The van der Waals surface area contributed by atoms with E-state index >= 15 is 0 Å². The summed E-state index contributed by atoms with van der Waals surface area (Å²) < 4.78 is 1.94. The Balaban J connectivity index is 2.01. The summed E-state index contributed by atoms with van der Waals surface area (Å²) >= 11 is 6.23. The minimum absolute atomic E-state index is 0.647. The quantitative estimate of drug-likeness (QED) is 0.710. The van der Waals surface area contributed by atoms with E-state index in [0.717, 1.165) is 21.8 Å². The monoisotopic (exact) mass is 258 g/mol. The van der Waals surface area contributed by atoms with Crippen LogP contribution in [-0.4, -0.2) is 19.5 Å². The third-order valence-electron chi connectivity index (χ3n) is 2.80. The fraction of sp³-hybridized carbons (Fsp3) is 0.154. The SMILES string of the molecule is Cc1ccc(Cn2cnc3nccnc32)c(Cl)c1. The molecule has 5 heteroatoms. The summed E-state index contributed by atoms with van der Waals surface area (Å²) in [6, 6.07) is 6.04. The number of nitrogens with zero attached hydrogens (tertiary/aromatic N) is 4. The van der Waals surface area contributed by atoms with Crippen molar-refractivity contribution in [3.8, 4) is 0 Å². The van der Waals surface area contributed by atoms with Crippen molar-refractivity contribution >= 4 is 22.9 Å². The van der Waals surface area contributed by atoms with Crippen LogP contribution in [-0.2, 0) is 6.54 Å². The van der Waals surface area contributed by atoms with Crippen LogP contribution in [0.25, 0.3) is 11.3 Å². The van der Waals surface area contributed by atoms with Gasteiger partial charge in [-0.1, -0.05) is 23.7 Å². The van der Waals surface area contributed by atoms with E-state index in [1.54, 1.807) is 18.7 Å². The Morgan fingerprint density at radius 3 is 2.83 bits per heavy atom. The number of hydrogen-bond donors (Lipinski definition) is 0. The van der Waals surface area contributed by atoms with E-state index in [9.17, 15) is 0 Å². The lowest BCUT2D eigenvalue weighted by molar-refractivity contribution is 0.814. The van der Waals surface area contributed by atoms with E-state index in [4.69, 9.17) is 11.6 Å². The van der Waals surface area contributed by atoms with Gasteiger partial charge in [0.15, 0.2) is 11.3 Å². The number of rotatable bonds is 2. The van der Waals surface area contributed by atoms with Crippen LogP contribution >= 0.6 is 11.6 Å². The van der Waals surface area contributed by atoms with Gasteiger partial charge in [0.25, 0.3) is 0 Å². The first-order valence-corrected chi connectivity index (χ1v) is 5.99. The predicted molar refractivity (Wildman–Crippen MR) is 70.6 cm³/mol. The Morgan fingerprint density at radius 1 is 1.17 bits per heavy atom. The second-order valence-electron chi connectivity index (χ2n) is 4.17. The Morgan fingerprint density at radius 2 is 2.00 bits per heavy atom. The van der Waals surface area contributed by atoms with Gasteiger partial charge in [-0.2, -0.15) is 0 Å². The molecule has 0 saturated heterocycles. The summed E-state index contributed by atoms with van der Waals surface area (Å²) in [5.41, 5.74) is 3.63. The fourth-order valence-corrected chi connectivity index (χ4v) is 2.17. The van der Waals surface area contributed by atoms with Gasteiger partial charge in [-0.15, -0.1) is 0 Å². The average Bonchev–Trinajstić information content (AvgIpc) is 2.76. The first kappa shape index (κ1) is 11.2. The molecule has 0 spiro atoms. The Hall–Kier alpha value is -1.94. The number of aromatic nitrogens is 4. The molecule has 0 unspecified atom stereocenters. The van der Waals surface area contributed by atoms with Crippen molar-refractivity contribution in [2.45, 2.75) is 13.5 Å². The van der Waals surface area contributed by atoms with Crippen molar-refractivity contribution in [1.29, 1.82) is 0 Å². The molecule has 3 rings (SSSR count). The summed E-state index contributed by atoms with van der Waals surface area (Å²) in [5.74, 6) is 0. The lowest BCUT2D eigenvalue weighted by Crippen LogP contribution is -2.00. The molecule has 0 atom stereocenters. The van der Waals surface area contributed by atoms with Crippen LogP contribution in [0.1, 0.15) is 11.1 Å². The first-order valence-electron chi connectivity index (χ1n) is 5.61. The smallest absolute Gasteiger partial charge is 0.197 e. The molecule has 0 aliphatic rings. The lowest BCUT2D eigenvalue weighted by atomic mass is 10.1. The Kier molecular flexibility index (Phi) is 2.72. The zero-order valence-corrected chi connectivity index (χ0v) is 10.6. The minimum Gasteiger partial charge on any atom is -0.309 e. The molecule has 18 heavy (non-hydrogen) atoms. The van der Waals surface area contributed by atoms with Gasteiger partial charge in [0.1, 0.15) is 0 Å². The molecule has 0 aliphatic carbocycles. The number of imidazole rings is 1. The number of fused-ring (bicyclic) bond motifs is 1. The highest BCUT2D eigenvalue weighted by Crippen LogP contribution is 2.19. The van der Waals surface area contributed by atoms with Crippen molar-refractivity contribution in [3.63, 3.8) is 0 Å². The van der Waals surface area contributed by atoms with Gasteiger partial charge in [0, 0.05) is 17.4 Å². The normalized spacial score (nSPS) is 11.0. The van der Waals surface area contributed by atoms with E-state index in [2.05, 4.69) is 15.0 Å². The van der Waals surface area contributed by atoms with Gasteiger partial charge in [-0.25, -0.2) is 15.0 Å². The molecule has 1 aromatic carbocycles. The summed E-state index contributed by atoms with van der Waals surface area (Å²) in [6.45, 7) is 2.67. The topological polar surface area (TPSA) is 43.6 Å². The molecule has 0 saturated carbocycles. The van der Waals surface area contributed by atoms with Crippen LogP contribution in [0, 0.1) is 6.92 Å². The van der Waals surface area contributed by atoms with Crippen LogP contribution < -0.4 is 0 Å². The molecule has 0 N–H and O–H groups in total. The maximum absolute atomic E-state index is 6.23. The zero-order chi connectivity index (χ0) is 12.5. The van der Waals surface area contributed by atoms with Crippen molar-refractivity contribution in [3.05, 3.63) is 53.1 Å². The van der Waals surface area contributed by atoms with E-state index < -0.39 is 0 Å².